The van der Waals surface area contributed by atoms with Crippen LogP contribution in [0.25, 0.3) is 0 Å². The highest BCUT2D eigenvalue weighted by Crippen LogP contribution is 2.31. The lowest BCUT2D eigenvalue weighted by Gasteiger charge is -2.25. The Morgan fingerprint density at radius 3 is 2.54 bits per heavy atom. The molecule has 13 heavy (non-hydrogen) atoms. The van der Waals surface area contributed by atoms with E-state index in [9.17, 15) is 4.79 Å². The van der Waals surface area contributed by atoms with Crippen LogP contribution < -0.4 is 5.56 Å². The van der Waals surface area contributed by atoms with Crippen molar-refractivity contribution in [3.8, 4) is 0 Å². The molecular formula is C10H16N2O. The van der Waals surface area contributed by atoms with Crippen molar-refractivity contribution in [2.75, 3.05) is 0 Å². The van der Waals surface area contributed by atoms with Gasteiger partial charge in [-0.2, -0.15) is 0 Å². The molecule has 0 aliphatic rings. The largest absolute Gasteiger partial charge is 0.310 e. The van der Waals surface area contributed by atoms with Crippen LogP contribution >= 0.6 is 0 Å². The number of nitrogens with one attached hydrogen (secondary N) is 1. The van der Waals surface area contributed by atoms with E-state index >= 15 is 0 Å². The van der Waals surface area contributed by atoms with E-state index in [1.807, 2.05) is 0 Å². The van der Waals surface area contributed by atoms with Gasteiger partial charge in [0.2, 0.25) is 0 Å². The first kappa shape index (κ1) is 9.96. The highest BCUT2D eigenvalue weighted by molar-refractivity contribution is 4.99. The lowest BCUT2D eigenvalue weighted by Crippen LogP contribution is -2.20. The molecule has 1 N–H and O–H groups in total. The molecule has 0 saturated carbocycles. The van der Waals surface area contributed by atoms with Crippen molar-refractivity contribution in [2.45, 2.75) is 33.6 Å². The zero-order valence-electron chi connectivity index (χ0n) is 8.59. The van der Waals surface area contributed by atoms with Crippen molar-refractivity contribution in [3.63, 3.8) is 0 Å². The van der Waals surface area contributed by atoms with Crippen LogP contribution in [0, 0.1) is 5.41 Å². The van der Waals surface area contributed by atoms with Gasteiger partial charge < -0.3 is 4.98 Å². The Labute approximate surface area is 78.2 Å². The van der Waals surface area contributed by atoms with E-state index in [1.54, 1.807) is 6.20 Å². The van der Waals surface area contributed by atoms with Crippen LogP contribution in [0.4, 0.5) is 0 Å². The first-order chi connectivity index (χ1) is 5.91. The number of nitrogens with zero attached hydrogens (tertiary/aromatic N) is 1. The summed E-state index contributed by atoms with van der Waals surface area (Å²) in [5.74, 6) is 1.02. The number of aromatic amines is 1. The molecule has 1 unspecified atom stereocenters. The van der Waals surface area contributed by atoms with Crippen molar-refractivity contribution in [1.82, 2.24) is 9.97 Å². The Bertz CT molecular complexity index is 335. The molecule has 0 radical (unpaired) electrons. The average Bonchev–Trinajstić information content (AvgIpc) is 2.01. The topological polar surface area (TPSA) is 45.8 Å². The molecule has 72 valence electrons. The van der Waals surface area contributed by atoms with Crippen molar-refractivity contribution in [2.24, 2.45) is 5.41 Å². The Balaban J connectivity index is 3.02. The van der Waals surface area contributed by atoms with Gasteiger partial charge in [-0.3, -0.25) is 4.79 Å². The van der Waals surface area contributed by atoms with E-state index < -0.39 is 0 Å². The van der Waals surface area contributed by atoms with Gasteiger partial charge in [0.05, 0.1) is 0 Å². The zero-order chi connectivity index (χ0) is 10.1. The molecule has 0 aromatic carbocycles. The van der Waals surface area contributed by atoms with E-state index in [4.69, 9.17) is 0 Å². The summed E-state index contributed by atoms with van der Waals surface area (Å²) >= 11 is 0. The molecule has 1 heterocycles. The molecule has 3 heteroatoms. The van der Waals surface area contributed by atoms with Gasteiger partial charge in [-0.05, 0) is 5.41 Å². The number of aromatic nitrogens is 2. The fraction of sp³-hybridized carbons (Fsp3) is 0.600. The average molecular weight is 180 g/mol. The Kier molecular flexibility index (Phi) is 2.55. The summed E-state index contributed by atoms with van der Waals surface area (Å²) in [4.78, 5) is 17.9. The minimum absolute atomic E-state index is 0.0823. The summed E-state index contributed by atoms with van der Waals surface area (Å²) < 4.78 is 0. The molecule has 0 aliphatic heterocycles. The van der Waals surface area contributed by atoms with Gasteiger partial charge in [0.25, 0.3) is 5.56 Å². The predicted octanol–water partition coefficient (Wildman–Crippen LogP) is 1.92. The van der Waals surface area contributed by atoms with E-state index in [1.165, 1.54) is 6.07 Å². The maximum Gasteiger partial charge on any atom is 0.250 e. The van der Waals surface area contributed by atoms with Crippen LogP contribution in [0.3, 0.4) is 0 Å². The van der Waals surface area contributed by atoms with Crippen LogP contribution in [0.2, 0.25) is 0 Å². The fourth-order valence-corrected chi connectivity index (χ4v) is 1.02. The summed E-state index contributed by atoms with van der Waals surface area (Å²) in [6, 6.07) is 1.43. The van der Waals surface area contributed by atoms with Crippen LogP contribution in [-0.4, -0.2) is 9.97 Å². The van der Waals surface area contributed by atoms with Gasteiger partial charge >= 0.3 is 0 Å². The normalized spacial score (nSPS) is 14.2. The SMILES string of the molecule is CC(c1nccc(=O)[nH]1)C(C)(C)C. The maximum atomic E-state index is 11.0. The lowest BCUT2D eigenvalue weighted by molar-refractivity contribution is 0.327. The van der Waals surface area contributed by atoms with E-state index in [-0.39, 0.29) is 16.9 Å². The summed E-state index contributed by atoms with van der Waals surface area (Å²) in [5.41, 5.74) is 0.0400. The van der Waals surface area contributed by atoms with Crippen molar-refractivity contribution < 1.29 is 0 Å². The van der Waals surface area contributed by atoms with Crippen LogP contribution in [0.5, 0.6) is 0 Å². The van der Waals surface area contributed by atoms with E-state index in [2.05, 4.69) is 37.7 Å². The third kappa shape index (κ3) is 2.41. The molecule has 3 nitrogen and oxygen atoms in total. The van der Waals surface area contributed by atoms with E-state index in [0.29, 0.717) is 0 Å². The lowest BCUT2D eigenvalue weighted by atomic mass is 9.81. The maximum absolute atomic E-state index is 11.0. The van der Waals surface area contributed by atoms with Crippen molar-refractivity contribution in [3.05, 3.63) is 28.4 Å². The molecular weight excluding hydrogens is 164 g/mol. The quantitative estimate of drug-likeness (QED) is 0.717. The number of rotatable bonds is 1. The predicted molar refractivity (Wildman–Crippen MR) is 52.7 cm³/mol. The second-order valence-corrected chi connectivity index (χ2v) is 4.41. The molecule has 0 amide bonds. The second-order valence-electron chi connectivity index (χ2n) is 4.41. The highest BCUT2D eigenvalue weighted by atomic mass is 16.1. The number of H-pyrrole nitrogens is 1. The van der Waals surface area contributed by atoms with Gasteiger partial charge in [0.15, 0.2) is 0 Å². The molecule has 1 atom stereocenters. The van der Waals surface area contributed by atoms with Crippen LogP contribution in [0.15, 0.2) is 17.1 Å². The van der Waals surface area contributed by atoms with Gasteiger partial charge in [-0.15, -0.1) is 0 Å². The molecule has 0 bridgehead atoms. The highest BCUT2D eigenvalue weighted by Gasteiger charge is 2.23. The molecule has 0 aliphatic carbocycles. The molecule has 1 rings (SSSR count). The number of hydrogen-bond donors (Lipinski definition) is 1. The van der Waals surface area contributed by atoms with Gasteiger partial charge in [-0.1, -0.05) is 27.7 Å². The minimum atomic E-state index is -0.0823. The fourth-order valence-electron chi connectivity index (χ4n) is 1.02. The first-order valence-corrected chi connectivity index (χ1v) is 4.46. The standard InChI is InChI=1S/C10H16N2O/c1-7(10(2,3)4)9-11-6-5-8(13)12-9/h5-7H,1-4H3,(H,11,12,13). The molecule has 0 fully saturated rings. The Morgan fingerprint density at radius 2 is 2.08 bits per heavy atom. The summed E-state index contributed by atoms with van der Waals surface area (Å²) in [5, 5.41) is 0. The Morgan fingerprint density at radius 1 is 1.46 bits per heavy atom. The summed E-state index contributed by atoms with van der Waals surface area (Å²) in [6.45, 7) is 8.46. The zero-order valence-corrected chi connectivity index (χ0v) is 8.59. The summed E-state index contributed by atoms with van der Waals surface area (Å²) in [6.07, 6.45) is 1.55. The van der Waals surface area contributed by atoms with Gasteiger partial charge in [0.1, 0.15) is 5.82 Å². The smallest absolute Gasteiger partial charge is 0.250 e. The molecule has 1 aromatic heterocycles. The van der Waals surface area contributed by atoms with Crippen molar-refractivity contribution >= 4 is 0 Å². The van der Waals surface area contributed by atoms with Gasteiger partial charge in [0, 0.05) is 18.2 Å². The second kappa shape index (κ2) is 3.32. The third-order valence-electron chi connectivity index (χ3n) is 2.40. The van der Waals surface area contributed by atoms with Crippen molar-refractivity contribution in [1.29, 1.82) is 0 Å². The molecule has 1 aromatic rings. The Hall–Kier alpha value is -1.12. The number of hydrogen-bond acceptors (Lipinski definition) is 2. The molecule has 0 saturated heterocycles. The molecule has 0 spiro atoms. The summed E-state index contributed by atoms with van der Waals surface area (Å²) in [7, 11) is 0. The monoisotopic (exact) mass is 180 g/mol. The van der Waals surface area contributed by atoms with Crippen LogP contribution in [-0.2, 0) is 0 Å². The van der Waals surface area contributed by atoms with E-state index in [0.717, 1.165) is 5.82 Å². The third-order valence-corrected chi connectivity index (χ3v) is 2.40. The van der Waals surface area contributed by atoms with Gasteiger partial charge in [-0.25, -0.2) is 4.98 Å². The minimum Gasteiger partial charge on any atom is -0.310 e. The van der Waals surface area contributed by atoms with Crippen LogP contribution in [0.1, 0.15) is 39.4 Å². The first-order valence-electron chi connectivity index (χ1n) is 4.46.